The Morgan fingerprint density at radius 2 is 2.36 bits per heavy atom. The second kappa shape index (κ2) is 3.88. The molecule has 0 saturated carbocycles. The van der Waals surface area contributed by atoms with Crippen LogP contribution < -0.4 is 4.90 Å². The standard InChI is InChI=1S/C10H10N4/c11-7-9-1-2-10(13-8-9)14-5-3-12-4-6-14/h1-3,8H,4-6H2. The van der Waals surface area contributed by atoms with Gasteiger partial charge in [-0.05, 0) is 12.1 Å². The molecule has 4 nitrogen and oxygen atoms in total. The molecule has 2 heterocycles. The highest BCUT2D eigenvalue weighted by atomic mass is 15.2. The van der Waals surface area contributed by atoms with Crippen LogP contribution in [0.3, 0.4) is 0 Å². The average Bonchev–Trinajstić information content (AvgIpc) is 2.30. The van der Waals surface area contributed by atoms with Gasteiger partial charge in [0.25, 0.3) is 0 Å². The van der Waals surface area contributed by atoms with Crippen LogP contribution in [0.1, 0.15) is 5.56 Å². The van der Waals surface area contributed by atoms with Crippen molar-refractivity contribution in [2.45, 2.75) is 0 Å². The number of pyridine rings is 1. The van der Waals surface area contributed by atoms with E-state index in [0.717, 1.165) is 25.5 Å². The van der Waals surface area contributed by atoms with E-state index < -0.39 is 0 Å². The van der Waals surface area contributed by atoms with Crippen molar-refractivity contribution in [3.05, 3.63) is 23.9 Å². The zero-order chi connectivity index (χ0) is 9.80. The molecule has 4 heteroatoms. The fourth-order valence-electron chi connectivity index (χ4n) is 1.36. The largest absolute Gasteiger partial charge is 0.350 e. The molecule has 14 heavy (non-hydrogen) atoms. The van der Waals surface area contributed by atoms with Gasteiger partial charge in [0.2, 0.25) is 0 Å². The van der Waals surface area contributed by atoms with E-state index in [2.05, 4.69) is 14.9 Å². The lowest BCUT2D eigenvalue weighted by Crippen LogP contribution is -2.32. The molecule has 0 atom stereocenters. The highest BCUT2D eigenvalue weighted by Crippen LogP contribution is 2.11. The third-order valence-electron chi connectivity index (χ3n) is 2.13. The Bertz CT molecular complexity index is 374. The predicted octanol–water partition coefficient (Wildman–Crippen LogP) is 0.844. The van der Waals surface area contributed by atoms with E-state index in [1.54, 1.807) is 12.3 Å². The smallest absolute Gasteiger partial charge is 0.128 e. The normalized spacial score (nSPS) is 15.2. The van der Waals surface area contributed by atoms with Crippen LogP contribution in [0, 0.1) is 11.3 Å². The minimum Gasteiger partial charge on any atom is -0.350 e. The third kappa shape index (κ3) is 1.72. The Kier molecular flexibility index (Phi) is 2.41. The lowest BCUT2D eigenvalue weighted by molar-refractivity contribution is 0.817. The predicted molar refractivity (Wildman–Crippen MR) is 54.5 cm³/mol. The lowest BCUT2D eigenvalue weighted by atomic mass is 10.3. The van der Waals surface area contributed by atoms with E-state index in [1.165, 1.54) is 0 Å². The Balaban J connectivity index is 2.17. The van der Waals surface area contributed by atoms with Crippen LogP contribution in [0.4, 0.5) is 5.82 Å². The minimum absolute atomic E-state index is 0.597. The summed E-state index contributed by atoms with van der Waals surface area (Å²) in [6.07, 6.45) is 3.49. The first-order valence-corrected chi connectivity index (χ1v) is 4.49. The molecule has 0 aromatic carbocycles. The molecule has 0 amide bonds. The second-order valence-electron chi connectivity index (χ2n) is 3.05. The second-order valence-corrected chi connectivity index (χ2v) is 3.05. The number of rotatable bonds is 1. The average molecular weight is 186 g/mol. The van der Waals surface area contributed by atoms with Gasteiger partial charge in [0.1, 0.15) is 11.9 Å². The molecular weight excluding hydrogens is 176 g/mol. The molecule has 0 bridgehead atoms. The van der Waals surface area contributed by atoms with Gasteiger partial charge < -0.3 is 4.90 Å². The van der Waals surface area contributed by atoms with Gasteiger partial charge in [0, 0.05) is 19.0 Å². The van der Waals surface area contributed by atoms with Crippen LogP contribution >= 0.6 is 0 Å². The van der Waals surface area contributed by atoms with Crippen molar-refractivity contribution in [2.24, 2.45) is 4.99 Å². The first-order valence-electron chi connectivity index (χ1n) is 4.49. The molecule has 0 saturated heterocycles. The van der Waals surface area contributed by atoms with Crippen LogP contribution in [0.5, 0.6) is 0 Å². The van der Waals surface area contributed by atoms with Gasteiger partial charge in [-0.25, -0.2) is 4.98 Å². The Morgan fingerprint density at radius 3 is 2.93 bits per heavy atom. The number of nitriles is 1. The molecule has 2 rings (SSSR count). The first kappa shape index (κ1) is 8.70. The van der Waals surface area contributed by atoms with Gasteiger partial charge in [-0.1, -0.05) is 0 Å². The highest BCUT2D eigenvalue weighted by molar-refractivity contribution is 5.66. The van der Waals surface area contributed by atoms with Crippen molar-refractivity contribution in [3.8, 4) is 6.07 Å². The maximum atomic E-state index is 8.61. The fourth-order valence-corrected chi connectivity index (χ4v) is 1.36. The molecule has 0 spiro atoms. The maximum absolute atomic E-state index is 8.61. The lowest BCUT2D eigenvalue weighted by Gasteiger charge is -2.23. The molecule has 1 aliphatic rings. The molecule has 70 valence electrons. The summed E-state index contributed by atoms with van der Waals surface area (Å²) in [6.45, 7) is 2.52. The zero-order valence-corrected chi connectivity index (χ0v) is 7.72. The number of nitrogens with zero attached hydrogens (tertiary/aromatic N) is 4. The van der Waals surface area contributed by atoms with Gasteiger partial charge in [0.05, 0.1) is 18.7 Å². The molecule has 0 radical (unpaired) electrons. The van der Waals surface area contributed by atoms with E-state index in [0.29, 0.717) is 5.56 Å². The summed E-state index contributed by atoms with van der Waals surface area (Å²) in [5.41, 5.74) is 0.597. The highest BCUT2D eigenvalue weighted by Gasteiger charge is 2.08. The van der Waals surface area contributed by atoms with E-state index in [4.69, 9.17) is 5.26 Å². The van der Waals surface area contributed by atoms with Crippen molar-refractivity contribution in [3.63, 3.8) is 0 Å². The van der Waals surface area contributed by atoms with Crippen molar-refractivity contribution in [2.75, 3.05) is 24.5 Å². The SMILES string of the molecule is N#Cc1ccc(N2CC=NCC2)nc1. The topological polar surface area (TPSA) is 52.3 Å². The van der Waals surface area contributed by atoms with Crippen LogP contribution in [-0.4, -0.2) is 30.8 Å². The molecular formula is C10H10N4. The monoisotopic (exact) mass is 186 g/mol. The Labute approximate surface area is 82.5 Å². The number of aliphatic imine (C=N–C) groups is 1. The van der Waals surface area contributed by atoms with E-state index in [1.807, 2.05) is 18.4 Å². The van der Waals surface area contributed by atoms with Gasteiger partial charge in [-0.3, -0.25) is 4.99 Å². The van der Waals surface area contributed by atoms with Crippen molar-refractivity contribution < 1.29 is 0 Å². The number of anilines is 1. The van der Waals surface area contributed by atoms with Crippen LogP contribution in [0.2, 0.25) is 0 Å². The first-order chi connectivity index (χ1) is 6.90. The molecule has 1 aliphatic heterocycles. The van der Waals surface area contributed by atoms with Crippen LogP contribution in [-0.2, 0) is 0 Å². The van der Waals surface area contributed by atoms with E-state index in [9.17, 15) is 0 Å². The number of hydrogen-bond donors (Lipinski definition) is 0. The summed E-state index contributed by atoms with van der Waals surface area (Å²) in [5, 5.41) is 8.61. The molecule has 0 fully saturated rings. The van der Waals surface area contributed by atoms with Crippen molar-refractivity contribution in [1.82, 2.24) is 4.98 Å². The number of aromatic nitrogens is 1. The summed E-state index contributed by atoms with van der Waals surface area (Å²) >= 11 is 0. The van der Waals surface area contributed by atoms with E-state index >= 15 is 0 Å². The molecule has 0 aliphatic carbocycles. The third-order valence-corrected chi connectivity index (χ3v) is 2.13. The quantitative estimate of drug-likeness (QED) is 0.653. The summed E-state index contributed by atoms with van der Waals surface area (Å²) in [7, 11) is 0. The van der Waals surface area contributed by atoms with Gasteiger partial charge in [-0.2, -0.15) is 5.26 Å². The van der Waals surface area contributed by atoms with Gasteiger partial charge >= 0.3 is 0 Å². The summed E-state index contributed by atoms with van der Waals surface area (Å²) in [5.74, 6) is 0.912. The van der Waals surface area contributed by atoms with E-state index in [-0.39, 0.29) is 0 Å². The molecule has 0 unspecified atom stereocenters. The van der Waals surface area contributed by atoms with Crippen LogP contribution in [0.15, 0.2) is 23.3 Å². The Morgan fingerprint density at radius 1 is 1.43 bits per heavy atom. The molecule has 1 aromatic heterocycles. The van der Waals surface area contributed by atoms with Crippen LogP contribution in [0.25, 0.3) is 0 Å². The number of hydrogen-bond acceptors (Lipinski definition) is 4. The Hall–Kier alpha value is -1.89. The fraction of sp³-hybridized carbons (Fsp3) is 0.300. The molecule has 0 N–H and O–H groups in total. The summed E-state index contributed by atoms with van der Waals surface area (Å²) in [4.78, 5) is 10.5. The van der Waals surface area contributed by atoms with Crippen molar-refractivity contribution >= 4 is 12.0 Å². The maximum Gasteiger partial charge on any atom is 0.128 e. The summed E-state index contributed by atoms with van der Waals surface area (Å²) < 4.78 is 0. The molecule has 1 aromatic rings. The van der Waals surface area contributed by atoms with Gasteiger partial charge in [-0.15, -0.1) is 0 Å². The van der Waals surface area contributed by atoms with Crippen molar-refractivity contribution in [1.29, 1.82) is 5.26 Å². The summed E-state index contributed by atoms with van der Waals surface area (Å²) in [6, 6.07) is 5.71. The minimum atomic E-state index is 0.597. The van der Waals surface area contributed by atoms with Gasteiger partial charge in [0.15, 0.2) is 0 Å². The zero-order valence-electron chi connectivity index (χ0n) is 7.72.